The summed E-state index contributed by atoms with van der Waals surface area (Å²) in [6.45, 7) is 1.54. The molecule has 13 heteroatoms. The lowest BCUT2D eigenvalue weighted by Gasteiger charge is -2.13. The van der Waals surface area contributed by atoms with Gasteiger partial charge in [-0.1, -0.05) is 6.07 Å². The third-order valence-corrected chi connectivity index (χ3v) is 5.59. The first-order valence-electron chi connectivity index (χ1n) is 11.2. The summed E-state index contributed by atoms with van der Waals surface area (Å²) in [4.78, 5) is 8.88. The molecule has 0 saturated carbocycles. The summed E-state index contributed by atoms with van der Waals surface area (Å²) in [5, 5.41) is 24.4. The Balaban J connectivity index is 1.55. The Kier molecular flexibility index (Phi) is 6.53. The number of imidazole rings is 1. The number of aryl methyl sites for hydroxylation is 1. The Bertz CT molecular complexity index is 1550. The lowest BCUT2D eigenvalue weighted by molar-refractivity contribution is 0.142. The molecule has 0 aliphatic rings. The smallest absolute Gasteiger partial charge is 0.282 e. The maximum absolute atomic E-state index is 13.7. The molecule has 0 spiro atoms. The fraction of sp³-hybridized carbons (Fsp3) is 0.208. The molecule has 0 aliphatic carbocycles. The highest BCUT2D eigenvalue weighted by molar-refractivity contribution is 5.82. The number of fused-ring (bicyclic) bond motifs is 1. The summed E-state index contributed by atoms with van der Waals surface area (Å²) in [5.74, 6) is 0.790. The molecule has 4 aromatic heterocycles. The van der Waals surface area contributed by atoms with E-state index in [4.69, 9.17) is 0 Å². The van der Waals surface area contributed by atoms with Crippen LogP contribution in [0.15, 0.2) is 54.9 Å². The third kappa shape index (κ3) is 4.85. The van der Waals surface area contributed by atoms with Crippen LogP contribution in [0.4, 0.5) is 29.1 Å². The molecule has 0 atom stereocenters. The number of anilines is 2. The molecule has 0 bridgehead atoms. The van der Waals surface area contributed by atoms with Gasteiger partial charge < -0.3 is 10.4 Å². The molecule has 4 heterocycles. The number of halogens is 4. The molecule has 0 aliphatic heterocycles. The Hall–Kier alpha value is -4.39. The molecule has 0 amide bonds. The van der Waals surface area contributed by atoms with Gasteiger partial charge in [0.25, 0.3) is 12.9 Å². The molecule has 9 nitrogen and oxygen atoms in total. The molecule has 190 valence electrons. The van der Waals surface area contributed by atoms with Gasteiger partial charge in [-0.3, -0.25) is 4.57 Å². The summed E-state index contributed by atoms with van der Waals surface area (Å²) in [7, 11) is 0. The average Bonchev–Trinajstić information content (AvgIpc) is 3.51. The van der Waals surface area contributed by atoms with E-state index in [1.165, 1.54) is 6.33 Å². The first-order chi connectivity index (χ1) is 17.8. The summed E-state index contributed by atoms with van der Waals surface area (Å²) < 4.78 is 56.2. The van der Waals surface area contributed by atoms with E-state index in [0.29, 0.717) is 39.0 Å². The molecule has 2 N–H and O–H groups in total. The van der Waals surface area contributed by atoms with Crippen molar-refractivity contribution in [2.24, 2.45) is 0 Å². The van der Waals surface area contributed by atoms with Gasteiger partial charge in [0.2, 0.25) is 0 Å². The van der Waals surface area contributed by atoms with Crippen LogP contribution in [0.2, 0.25) is 0 Å². The number of alkyl halides is 4. The summed E-state index contributed by atoms with van der Waals surface area (Å²) in [5.41, 5.74) is 1.65. The fourth-order valence-electron chi connectivity index (χ4n) is 3.83. The highest BCUT2D eigenvalue weighted by atomic mass is 19.3. The van der Waals surface area contributed by atoms with Crippen molar-refractivity contribution >= 4 is 22.5 Å². The van der Waals surface area contributed by atoms with Crippen LogP contribution in [0.5, 0.6) is 0 Å². The van der Waals surface area contributed by atoms with Crippen molar-refractivity contribution in [2.75, 3.05) is 11.9 Å². The van der Waals surface area contributed by atoms with Gasteiger partial charge in [0.05, 0.1) is 16.7 Å². The fourth-order valence-corrected chi connectivity index (χ4v) is 3.83. The largest absolute Gasteiger partial charge is 0.396 e. The molecule has 37 heavy (non-hydrogen) atoms. The van der Waals surface area contributed by atoms with E-state index in [9.17, 15) is 22.7 Å². The van der Waals surface area contributed by atoms with Crippen LogP contribution in [0.25, 0.3) is 22.7 Å². The standard InChI is InChI=1S/C24H20F4N8O/c1-13-2-6-20(33-32-13)30-15-4-5-18-16(10-15)29-12-35(18)21-7-3-14(8-9-37)24(31-21)36-19(23(27)28)11-17(34-36)22(25)26/h2-7,10-12,22-23,37H,8-9H2,1H3,(H,30,33). The topological polar surface area (TPSA) is 107 Å². The zero-order valence-electron chi connectivity index (χ0n) is 19.4. The molecule has 1 aromatic carbocycles. The van der Waals surface area contributed by atoms with Crippen molar-refractivity contribution in [3.8, 4) is 11.6 Å². The number of aromatic nitrogens is 7. The van der Waals surface area contributed by atoms with Crippen LogP contribution in [0.1, 0.15) is 35.5 Å². The van der Waals surface area contributed by atoms with Gasteiger partial charge in [-0.2, -0.15) is 10.2 Å². The molecule has 0 saturated heterocycles. The van der Waals surface area contributed by atoms with E-state index < -0.39 is 24.2 Å². The van der Waals surface area contributed by atoms with Crippen molar-refractivity contribution in [3.05, 3.63) is 77.5 Å². The van der Waals surface area contributed by atoms with Crippen LogP contribution < -0.4 is 5.32 Å². The van der Waals surface area contributed by atoms with E-state index in [2.05, 4.69) is 30.6 Å². The molecule has 5 aromatic rings. The lowest BCUT2D eigenvalue weighted by atomic mass is 10.2. The normalized spacial score (nSPS) is 11.7. The predicted molar refractivity (Wildman–Crippen MR) is 127 cm³/mol. The maximum atomic E-state index is 13.7. The Morgan fingerprint density at radius 2 is 1.81 bits per heavy atom. The SMILES string of the molecule is Cc1ccc(Nc2ccc3c(c2)ncn3-c2ccc(CCO)c(-n3nc(C(F)F)cc3C(F)F)n2)nn1. The highest BCUT2D eigenvalue weighted by Crippen LogP contribution is 2.29. The van der Waals surface area contributed by atoms with Crippen molar-refractivity contribution in [1.82, 2.24) is 34.5 Å². The number of hydrogen-bond acceptors (Lipinski definition) is 7. The Morgan fingerprint density at radius 3 is 2.51 bits per heavy atom. The average molecular weight is 512 g/mol. The Labute approximate surface area is 207 Å². The molecule has 5 rings (SSSR count). The third-order valence-electron chi connectivity index (χ3n) is 5.59. The lowest BCUT2D eigenvalue weighted by Crippen LogP contribution is -2.12. The first-order valence-corrected chi connectivity index (χ1v) is 11.2. The van der Waals surface area contributed by atoms with Crippen LogP contribution in [0, 0.1) is 6.92 Å². The van der Waals surface area contributed by atoms with E-state index in [0.717, 1.165) is 11.4 Å². The minimum atomic E-state index is -3.06. The van der Waals surface area contributed by atoms with Gasteiger partial charge in [-0.15, -0.1) is 5.10 Å². The quantitative estimate of drug-likeness (QED) is 0.286. The molecule has 0 fully saturated rings. The summed E-state index contributed by atoms with van der Waals surface area (Å²) >= 11 is 0. The molecular weight excluding hydrogens is 492 g/mol. The molecular formula is C24H20F4N8O. The van der Waals surface area contributed by atoms with Gasteiger partial charge in [0.1, 0.15) is 23.5 Å². The van der Waals surface area contributed by atoms with Crippen molar-refractivity contribution < 1.29 is 22.7 Å². The van der Waals surface area contributed by atoms with Crippen molar-refractivity contribution in [2.45, 2.75) is 26.2 Å². The minimum Gasteiger partial charge on any atom is -0.396 e. The van der Waals surface area contributed by atoms with E-state index >= 15 is 0 Å². The van der Waals surface area contributed by atoms with E-state index in [1.54, 1.807) is 41.0 Å². The molecule has 0 unspecified atom stereocenters. The Morgan fingerprint density at radius 1 is 0.973 bits per heavy atom. The number of aliphatic hydroxyl groups is 1. The van der Waals surface area contributed by atoms with Crippen molar-refractivity contribution in [3.63, 3.8) is 0 Å². The predicted octanol–water partition coefficient (Wildman–Crippen LogP) is 4.86. The van der Waals surface area contributed by atoms with Crippen LogP contribution in [-0.4, -0.2) is 46.2 Å². The maximum Gasteiger partial charge on any atom is 0.282 e. The van der Waals surface area contributed by atoms with E-state index in [1.807, 2.05) is 13.0 Å². The zero-order chi connectivity index (χ0) is 26.1. The van der Waals surface area contributed by atoms with Crippen LogP contribution >= 0.6 is 0 Å². The minimum absolute atomic E-state index is 0.0662. The highest BCUT2D eigenvalue weighted by Gasteiger charge is 2.24. The van der Waals surface area contributed by atoms with Crippen LogP contribution in [0.3, 0.4) is 0 Å². The number of nitrogens with zero attached hydrogens (tertiary/aromatic N) is 7. The number of pyridine rings is 1. The van der Waals surface area contributed by atoms with Gasteiger partial charge in [-0.25, -0.2) is 32.2 Å². The number of hydrogen-bond donors (Lipinski definition) is 2. The van der Waals surface area contributed by atoms with Crippen LogP contribution in [-0.2, 0) is 6.42 Å². The number of rotatable bonds is 8. The molecule has 0 radical (unpaired) electrons. The van der Waals surface area contributed by atoms with Gasteiger partial charge in [0, 0.05) is 12.3 Å². The van der Waals surface area contributed by atoms with Crippen molar-refractivity contribution in [1.29, 1.82) is 0 Å². The number of benzene rings is 1. The number of nitrogens with one attached hydrogen (secondary N) is 1. The second kappa shape index (κ2) is 9.93. The second-order valence-corrected chi connectivity index (χ2v) is 8.14. The zero-order valence-corrected chi connectivity index (χ0v) is 19.4. The number of aliphatic hydroxyl groups excluding tert-OH is 1. The van der Waals surface area contributed by atoms with E-state index in [-0.39, 0.29) is 18.8 Å². The summed E-state index contributed by atoms with van der Waals surface area (Å²) in [6, 6.07) is 12.9. The summed E-state index contributed by atoms with van der Waals surface area (Å²) in [6.07, 6.45) is -4.52. The van der Waals surface area contributed by atoms with Gasteiger partial charge in [0.15, 0.2) is 11.6 Å². The van der Waals surface area contributed by atoms with Gasteiger partial charge in [-0.05, 0) is 61.4 Å². The van der Waals surface area contributed by atoms with Gasteiger partial charge >= 0.3 is 0 Å². The second-order valence-electron chi connectivity index (χ2n) is 8.14. The monoisotopic (exact) mass is 512 g/mol. The first kappa shape index (κ1) is 24.3.